The second-order valence-corrected chi connectivity index (χ2v) is 5.39. The molecule has 7 heteroatoms. The third kappa shape index (κ3) is 5.74. The number of anilines is 1. The maximum Gasteiger partial charge on any atom is 0.335 e. The first kappa shape index (κ1) is 18.2. The highest BCUT2D eigenvalue weighted by Crippen LogP contribution is 2.09. The van der Waals surface area contributed by atoms with Crippen molar-refractivity contribution in [3.8, 4) is 0 Å². The fourth-order valence-corrected chi connectivity index (χ4v) is 2.21. The molecule has 0 radical (unpaired) electrons. The van der Waals surface area contributed by atoms with E-state index in [0.717, 1.165) is 5.56 Å². The predicted molar refractivity (Wildman–Crippen MR) is 91.6 cm³/mol. The molecular formula is C18H18N2O5. The Labute approximate surface area is 144 Å². The van der Waals surface area contributed by atoms with E-state index in [0.29, 0.717) is 5.69 Å². The van der Waals surface area contributed by atoms with Crippen molar-refractivity contribution in [1.82, 2.24) is 5.32 Å². The maximum atomic E-state index is 11.9. The smallest absolute Gasteiger partial charge is 0.335 e. The summed E-state index contributed by atoms with van der Waals surface area (Å²) >= 11 is 0. The van der Waals surface area contributed by atoms with Gasteiger partial charge in [0.25, 0.3) is 0 Å². The van der Waals surface area contributed by atoms with Crippen molar-refractivity contribution in [2.24, 2.45) is 0 Å². The molecule has 2 aromatic rings. The number of carbonyl (C=O) groups excluding carboxylic acids is 1. The van der Waals surface area contributed by atoms with Gasteiger partial charge >= 0.3 is 11.9 Å². The quantitative estimate of drug-likeness (QED) is 0.579. The molecule has 0 heterocycles. The van der Waals surface area contributed by atoms with E-state index in [-0.39, 0.29) is 18.5 Å². The van der Waals surface area contributed by atoms with Gasteiger partial charge in [-0.05, 0) is 36.2 Å². The van der Waals surface area contributed by atoms with Crippen LogP contribution in [0.5, 0.6) is 0 Å². The van der Waals surface area contributed by atoms with Crippen molar-refractivity contribution in [3.05, 3.63) is 65.7 Å². The third-order valence-corrected chi connectivity index (χ3v) is 3.51. The van der Waals surface area contributed by atoms with E-state index in [4.69, 9.17) is 5.11 Å². The number of hydrogen-bond donors (Lipinski definition) is 4. The minimum atomic E-state index is -1.05. The van der Waals surface area contributed by atoms with E-state index in [2.05, 4.69) is 10.6 Å². The van der Waals surface area contributed by atoms with Gasteiger partial charge in [0, 0.05) is 5.69 Å². The van der Waals surface area contributed by atoms with Crippen LogP contribution in [0.2, 0.25) is 0 Å². The zero-order valence-electron chi connectivity index (χ0n) is 13.3. The average molecular weight is 342 g/mol. The lowest BCUT2D eigenvalue weighted by molar-refractivity contribution is -0.139. The highest BCUT2D eigenvalue weighted by Gasteiger charge is 2.18. The SMILES string of the molecule is O=C(CNC(Cc1ccccc1)C(=O)O)Nc1ccc(C(=O)O)cc1. The first-order valence-corrected chi connectivity index (χ1v) is 7.59. The summed E-state index contributed by atoms with van der Waals surface area (Å²) in [7, 11) is 0. The van der Waals surface area contributed by atoms with Crippen LogP contribution in [-0.2, 0) is 16.0 Å². The number of nitrogens with one attached hydrogen (secondary N) is 2. The van der Waals surface area contributed by atoms with Crippen molar-refractivity contribution in [2.45, 2.75) is 12.5 Å². The molecule has 4 N–H and O–H groups in total. The van der Waals surface area contributed by atoms with Gasteiger partial charge in [-0.3, -0.25) is 14.9 Å². The Kier molecular flexibility index (Phi) is 6.25. The number of carbonyl (C=O) groups is 3. The molecule has 1 atom stereocenters. The number of carboxylic acids is 2. The number of hydrogen-bond acceptors (Lipinski definition) is 4. The van der Waals surface area contributed by atoms with Crippen LogP contribution in [0.3, 0.4) is 0 Å². The molecule has 0 bridgehead atoms. The molecule has 0 saturated carbocycles. The lowest BCUT2D eigenvalue weighted by atomic mass is 10.1. The lowest BCUT2D eigenvalue weighted by Gasteiger charge is -2.14. The molecule has 0 aromatic heterocycles. The molecule has 1 amide bonds. The molecule has 0 aliphatic carbocycles. The molecule has 0 aliphatic heterocycles. The van der Waals surface area contributed by atoms with E-state index in [1.165, 1.54) is 24.3 Å². The first-order chi connectivity index (χ1) is 12.0. The second kappa shape index (κ2) is 8.60. The van der Waals surface area contributed by atoms with Crippen molar-refractivity contribution < 1.29 is 24.6 Å². The zero-order valence-corrected chi connectivity index (χ0v) is 13.3. The first-order valence-electron chi connectivity index (χ1n) is 7.59. The third-order valence-electron chi connectivity index (χ3n) is 3.51. The van der Waals surface area contributed by atoms with Crippen LogP contribution in [0.25, 0.3) is 0 Å². The Bertz CT molecular complexity index is 744. The summed E-state index contributed by atoms with van der Waals surface area (Å²) in [6.07, 6.45) is 0.261. The Hall–Kier alpha value is -3.19. The molecule has 2 rings (SSSR count). The highest BCUT2D eigenvalue weighted by molar-refractivity contribution is 5.93. The van der Waals surface area contributed by atoms with Crippen LogP contribution >= 0.6 is 0 Å². The van der Waals surface area contributed by atoms with Crippen molar-refractivity contribution >= 4 is 23.5 Å². The maximum absolute atomic E-state index is 11.9. The molecule has 7 nitrogen and oxygen atoms in total. The van der Waals surface area contributed by atoms with Crippen LogP contribution in [0.4, 0.5) is 5.69 Å². The number of carboxylic acid groups (broad SMARTS) is 2. The summed E-state index contributed by atoms with van der Waals surface area (Å²) in [5.41, 5.74) is 1.41. The van der Waals surface area contributed by atoms with E-state index in [9.17, 15) is 19.5 Å². The van der Waals surface area contributed by atoms with Crippen LogP contribution in [0, 0.1) is 0 Å². The lowest BCUT2D eigenvalue weighted by Crippen LogP contribution is -2.42. The fourth-order valence-electron chi connectivity index (χ4n) is 2.21. The van der Waals surface area contributed by atoms with Crippen molar-refractivity contribution in [1.29, 1.82) is 0 Å². The standard InChI is InChI=1S/C18H18N2O5/c21-16(20-14-8-6-13(7-9-14)17(22)23)11-19-15(18(24)25)10-12-4-2-1-3-5-12/h1-9,15,19H,10-11H2,(H,20,21)(H,22,23)(H,24,25). The topological polar surface area (TPSA) is 116 Å². The summed E-state index contributed by atoms with van der Waals surface area (Å²) in [5.74, 6) is -2.50. The Morgan fingerprint density at radius 2 is 1.56 bits per heavy atom. The monoisotopic (exact) mass is 342 g/mol. The van der Waals surface area contributed by atoms with Gasteiger partial charge in [0.05, 0.1) is 12.1 Å². The number of aromatic carboxylic acids is 1. The number of rotatable bonds is 8. The Balaban J connectivity index is 1.88. The average Bonchev–Trinajstić information content (AvgIpc) is 2.59. The van der Waals surface area contributed by atoms with Gasteiger partial charge in [-0.2, -0.15) is 0 Å². The molecule has 0 spiro atoms. The van der Waals surface area contributed by atoms with Crippen LogP contribution in [-0.4, -0.2) is 40.6 Å². The fraction of sp³-hybridized carbons (Fsp3) is 0.167. The summed E-state index contributed by atoms with van der Waals surface area (Å²) in [6.45, 7) is -0.176. The minimum Gasteiger partial charge on any atom is -0.480 e. The Morgan fingerprint density at radius 3 is 2.12 bits per heavy atom. The van der Waals surface area contributed by atoms with Crippen LogP contribution in [0.1, 0.15) is 15.9 Å². The van der Waals surface area contributed by atoms with Crippen LogP contribution in [0.15, 0.2) is 54.6 Å². The largest absolute Gasteiger partial charge is 0.480 e. The summed E-state index contributed by atoms with van der Waals surface area (Å²) < 4.78 is 0. The normalized spacial score (nSPS) is 11.5. The van der Waals surface area contributed by atoms with Gasteiger partial charge in [-0.1, -0.05) is 30.3 Å². The van der Waals surface area contributed by atoms with E-state index in [1.807, 2.05) is 30.3 Å². The Morgan fingerprint density at radius 1 is 0.920 bits per heavy atom. The minimum absolute atomic E-state index is 0.116. The highest BCUT2D eigenvalue weighted by atomic mass is 16.4. The molecule has 0 aliphatic rings. The number of benzene rings is 2. The van der Waals surface area contributed by atoms with E-state index < -0.39 is 23.9 Å². The van der Waals surface area contributed by atoms with Gasteiger partial charge in [0.2, 0.25) is 5.91 Å². The van der Waals surface area contributed by atoms with Crippen LogP contribution < -0.4 is 10.6 Å². The molecule has 2 aromatic carbocycles. The predicted octanol–water partition coefficient (Wildman–Crippen LogP) is 1.61. The van der Waals surface area contributed by atoms with Crippen molar-refractivity contribution in [3.63, 3.8) is 0 Å². The van der Waals surface area contributed by atoms with Gasteiger partial charge in [-0.15, -0.1) is 0 Å². The van der Waals surface area contributed by atoms with Gasteiger partial charge in [-0.25, -0.2) is 4.79 Å². The molecular weight excluding hydrogens is 324 g/mol. The number of aliphatic carboxylic acids is 1. The summed E-state index contributed by atoms with van der Waals surface area (Å²) in [6, 6.07) is 13.9. The number of amides is 1. The van der Waals surface area contributed by atoms with Crippen molar-refractivity contribution in [2.75, 3.05) is 11.9 Å². The molecule has 25 heavy (non-hydrogen) atoms. The van der Waals surface area contributed by atoms with Gasteiger partial charge < -0.3 is 15.5 Å². The van der Waals surface area contributed by atoms with Gasteiger partial charge in [0.1, 0.15) is 6.04 Å². The molecule has 130 valence electrons. The summed E-state index contributed by atoms with van der Waals surface area (Å²) in [5, 5.41) is 23.4. The summed E-state index contributed by atoms with van der Waals surface area (Å²) in [4.78, 5) is 34.0. The van der Waals surface area contributed by atoms with E-state index in [1.54, 1.807) is 0 Å². The molecule has 0 saturated heterocycles. The molecule has 1 unspecified atom stereocenters. The van der Waals surface area contributed by atoms with E-state index >= 15 is 0 Å². The second-order valence-electron chi connectivity index (χ2n) is 5.39. The van der Waals surface area contributed by atoms with Gasteiger partial charge in [0.15, 0.2) is 0 Å². The zero-order chi connectivity index (χ0) is 18.2. The molecule has 0 fully saturated rings.